The monoisotopic (exact) mass is 331 g/mol. The molecule has 3 aromatic rings. The Morgan fingerprint density at radius 1 is 1.35 bits per heavy atom. The number of esters is 1. The van der Waals surface area contributed by atoms with Crippen LogP contribution in [0.25, 0.3) is 5.65 Å². The van der Waals surface area contributed by atoms with E-state index in [2.05, 4.69) is 4.98 Å². The molecule has 0 amide bonds. The number of benzene rings is 1. The van der Waals surface area contributed by atoms with Crippen LogP contribution in [-0.2, 0) is 11.2 Å². The average Bonchev–Trinajstić information content (AvgIpc) is 2.88. The number of halogens is 1. The van der Waals surface area contributed by atoms with Crippen molar-refractivity contribution in [2.45, 2.75) is 6.42 Å². The minimum absolute atomic E-state index is 0.0176. The Morgan fingerprint density at radius 3 is 2.87 bits per heavy atom. The Bertz CT molecular complexity index is 874. The highest BCUT2D eigenvalue weighted by Crippen LogP contribution is 2.28. The van der Waals surface area contributed by atoms with E-state index in [4.69, 9.17) is 16.3 Å². The molecule has 0 radical (unpaired) electrons. The molecular formula is C15H10ClN3O4. The van der Waals surface area contributed by atoms with Crippen molar-refractivity contribution in [2.24, 2.45) is 0 Å². The molecule has 1 aromatic carbocycles. The van der Waals surface area contributed by atoms with E-state index in [0.29, 0.717) is 5.69 Å². The van der Waals surface area contributed by atoms with Crippen LogP contribution >= 0.6 is 11.6 Å². The minimum atomic E-state index is -0.607. The van der Waals surface area contributed by atoms with E-state index in [1.54, 1.807) is 10.6 Å². The van der Waals surface area contributed by atoms with Crippen LogP contribution in [0.1, 0.15) is 5.69 Å². The second-order valence-electron chi connectivity index (χ2n) is 4.72. The molecule has 116 valence electrons. The second kappa shape index (κ2) is 6.05. The Balaban J connectivity index is 1.71. The zero-order valence-electron chi connectivity index (χ0n) is 11.7. The van der Waals surface area contributed by atoms with Crippen molar-refractivity contribution in [1.82, 2.24) is 9.38 Å². The number of hydrogen-bond acceptors (Lipinski definition) is 5. The van der Waals surface area contributed by atoms with Gasteiger partial charge in [-0.25, -0.2) is 4.98 Å². The molecule has 0 saturated carbocycles. The first-order valence-electron chi connectivity index (χ1n) is 6.60. The van der Waals surface area contributed by atoms with Crippen molar-refractivity contribution < 1.29 is 14.5 Å². The molecule has 3 rings (SSSR count). The highest BCUT2D eigenvalue weighted by Gasteiger charge is 2.15. The van der Waals surface area contributed by atoms with E-state index in [1.807, 2.05) is 24.4 Å². The van der Waals surface area contributed by atoms with E-state index < -0.39 is 10.9 Å². The van der Waals surface area contributed by atoms with Gasteiger partial charge in [-0.05, 0) is 18.2 Å². The van der Waals surface area contributed by atoms with Gasteiger partial charge in [-0.1, -0.05) is 17.7 Å². The summed E-state index contributed by atoms with van der Waals surface area (Å²) in [5.74, 6) is -0.382. The SMILES string of the molecule is O=C(Cc1cn2ccccc2n1)Oc1ccc([N+](=O)[O-])c(Cl)c1. The van der Waals surface area contributed by atoms with Crippen LogP contribution in [0.4, 0.5) is 5.69 Å². The molecule has 0 atom stereocenters. The summed E-state index contributed by atoms with van der Waals surface area (Å²) in [6.07, 6.45) is 3.54. The summed E-state index contributed by atoms with van der Waals surface area (Å²) < 4.78 is 6.93. The molecule has 0 aliphatic carbocycles. The number of aromatic nitrogens is 2. The van der Waals surface area contributed by atoms with E-state index in [-0.39, 0.29) is 22.9 Å². The van der Waals surface area contributed by atoms with Crippen molar-refractivity contribution >= 4 is 28.9 Å². The molecule has 8 heteroatoms. The third-order valence-electron chi connectivity index (χ3n) is 3.09. The first-order valence-corrected chi connectivity index (χ1v) is 6.98. The first kappa shape index (κ1) is 15.0. The van der Waals surface area contributed by atoms with Crippen LogP contribution in [0.5, 0.6) is 5.75 Å². The number of pyridine rings is 1. The number of rotatable bonds is 4. The summed E-state index contributed by atoms with van der Waals surface area (Å²) in [7, 11) is 0. The topological polar surface area (TPSA) is 86.7 Å². The highest BCUT2D eigenvalue weighted by molar-refractivity contribution is 6.32. The summed E-state index contributed by atoms with van der Waals surface area (Å²) in [4.78, 5) is 26.3. The van der Waals surface area contributed by atoms with Gasteiger partial charge in [0.2, 0.25) is 0 Å². The fraction of sp³-hybridized carbons (Fsp3) is 0.0667. The lowest BCUT2D eigenvalue weighted by molar-refractivity contribution is -0.384. The maximum absolute atomic E-state index is 11.9. The van der Waals surface area contributed by atoms with Gasteiger partial charge < -0.3 is 9.14 Å². The molecule has 7 nitrogen and oxygen atoms in total. The van der Waals surface area contributed by atoms with Gasteiger partial charge in [0.15, 0.2) is 0 Å². The van der Waals surface area contributed by atoms with E-state index in [1.165, 1.54) is 18.2 Å². The van der Waals surface area contributed by atoms with Crippen LogP contribution in [-0.4, -0.2) is 20.3 Å². The summed E-state index contributed by atoms with van der Waals surface area (Å²) in [6, 6.07) is 9.28. The lowest BCUT2D eigenvalue weighted by atomic mass is 10.3. The Hall–Kier alpha value is -2.93. The maximum Gasteiger partial charge on any atom is 0.317 e. The van der Waals surface area contributed by atoms with Gasteiger partial charge in [-0.15, -0.1) is 0 Å². The van der Waals surface area contributed by atoms with Crippen LogP contribution in [0, 0.1) is 10.1 Å². The lowest BCUT2D eigenvalue weighted by Crippen LogP contribution is -2.11. The number of ether oxygens (including phenoxy) is 1. The molecule has 23 heavy (non-hydrogen) atoms. The molecule has 0 saturated heterocycles. The molecule has 0 bridgehead atoms. The fourth-order valence-electron chi connectivity index (χ4n) is 2.09. The van der Waals surface area contributed by atoms with E-state index in [0.717, 1.165) is 5.65 Å². The molecular weight excluding hydrogens is 322 g/mol. The fourth-order valence-corrected chi connectivity index (χ4v) is 2.33. The zero-order chi connectivity index (χ0) is 16.4. The number of fused-ring (bicyclic) bond motifs is 1. The average molecular weight is 332 g/mol. The van der Waals surface area contributed by atoms with Crippen molar-refractivity contribution in [3.8, 4) is 5.75 Å². The second-order valence-corrected chi connectivity index (χ2v) is 5.13. The van der Waals surface area contributed by atoms with Gasteiger partial charge in [0.1, 0.15) is 16.4 Å². The molecule has 0 spiro atoms. The van der Waals surface area contributed by atoms with Gasteiger partial charge in [0.05, 0.1) is 17.0 Å². The number of hydrogen-bond donors (Lipinski definition) is 0. The van der Waals surface area contributed by atoms with Crippen molar-refractivity contribution in [3.05, 3.63) is 69.6 Å². The number of nitrogens with zero attached hydrogens (tertiary/aromatic N) is 3. The van der Waals surface area contributed by atoms with Gasteiger partial charge in [0, 0.05) is 24.5 Å². The number of imidazole rings is 1. The van der Waals surface area contributed by atoms with Crippen LogP contribution in [0.15, 0.2) is 48.8 Å². The molecule has 0 N–H and O–H groups in total. The molecule has 0 aliphatic rings. The number of carbonyl (C=O) groups excluding carboxylic acids is 1. The summed E-state index contributed by atoms with van der Waals surface area (Å²) >= 11 is 5.77. The predicted octanol–water partition coefficient (Wildman–Crippen LogP) is 3.04. The molecule has 0 unspecified atom stereocenters. The third kappa shape index (κ3) is 3.29. The van der Waals surface area contributed by atoms with Crippen molar-refractivity contribution in [1.29, 1.82) is 0 Å². The minimum Gasteiger partial charge on any atom is -0.426 e. The van der Waals surface area contributed by atoms with E-state index >= 15 is 0 Å². The maximum atomic E-state index is 11.9. The zero-order valence-corrected chi connectivity index (χ0v) is 12.4. The van der Waals surface area contributed by atoms with Gasteiger partial charge in [-0.3, -0.25) is 14.9 Å². The van der Waals surface area contributed by atoms with Crippen LogP contribution in [0.3, 0.4) is 0 Å². The standard InChI is InChI=1S/C15H10ClN3O4/c16-12-8-11(4-5-13(12)19(21)22)23-15(20)7-10-9-18-6-2-1-3-14(18)17-10/h1-6,8-9H,7H2. The lowest BCUT2D eigenvalue weighted by Gasteiger charge is -2.03. The Morgan fingerprint density at radius 2 is 2.17 bits per heavy atom. The van der Waals surface area contributed by atoms with Gasteiger partial charge >= 0.3 is 5.97 Å². The summed E-state index contributed by atoms with van der Waals surface area (Å²) in [5.41, 5.74) is 1.05. The van der Waals surface area contributed by atoms with Gasteiger partial charge in [-0.2, -0.15) is 0 Å². The molecule has 0 aliphatic heterocycles. The Kier molecular flexibility index (Phi) is 3.94. The van der Waals surface area contributed by atoms with Crippen molar-refractivity contribution in [2.75, 3.05) is 0 Å². The smallest absolute Gasteiger partial charge is 0.317 e. The number of carbonyl (C=O) groups is 1. The van der Waals surface area contributed by atoms with Crippen molar-refractivity contribution in [3.63, 3.8) is 0 Å². The summed E-state index contributed by atoms with van der Waals surface area (Å²) in [5, 5.41) is 10.6. The largest absolute Gasteiger partial charge is 0.426 e. The normalized spacial score (nSPS) is 10.7. The third-order valence-corrected chi connectivity index (χ3v) is 3.39. The molecule has 2 heterocycles. The van der Waals surface area contributed by atoms with Gasteiger partial charge in [0.25, 0.3) is 5.69 Å². The first-order chi connectivity index (χ1) is 11.0. The highest BCUT2D eigenvalue weighted by atomic mass is 35.5. The van der Waals surface area contributed by atoms with Crippen LogP contribution in [0.2, 0.25) is 5.02 Å². The summed E-state index contributed by atoms with van der Waals surface area (Å²) in [6.45, 7) is 0. The predicted molar refractivity (Wildman–Crippen MR) is 82.6 cm³/mol. The number of nitro groups is 1. The molecule has 0 fully saturated rings. The van der Waals surface area contributed by atoms with Crippen LogP contribution < -0.4 is 4.74 Å². The number of nitro benzene ring substituents is 1. The Labute approximate surface area is 135 Å². The van der Waals surface area contributed by atoms with E-state index in [9.17, 15) is 14.9 Å². The molecule has 2 aromatic heterocycles. The quantitative estimate of drug-likeness (QED) is 0.317.